The van der Waals surface area contributed by atoms with Crippen LogP contribution in [0.3, 0.4) is 0 Å². The Morgan fingerprint density at radius 3 is 2.62 bits per heavy atom. The molecule has 1 amide bonds. The van der Waals surface area contributed by atoms with Crippen LogP contribution in [0.1, 0.15) is 6.92 Å². The summed E-state index contributed by atoms with van der Waals surface area (Å²) < 4.78 is 25.6. The van der Waals surface area contributed by atoms with E-state index in [1.54, 1.807) is 0 Å². The number of hydrogen-bond donors (Lipinski definition) is 1. The van der Waals surface area contributed by atoms with Crippen LogP contribution in [0.25, 0.3) is 0 Å². The maximum absolute atomic E-state index is 12.9. The van der Waals surface area contributed by atoms with Gasteiger partial charge < -0.3 is 10.2 Å². The highest BCUT2D eigenvalue weighted by molar-refractivity contribution is 5.94. The van der Waals surface area contributed by atoms with Crippen LogP contribution in [-0.4, -0.2) is 26.0 Å². The summed E-state index contributed by atoms with van der Waals surface area (Å²) in [7, 11) is 1.52. The minimum Gasteiger partial charge on any atom is -0.314 e. The molecule has 0 radical (unpaired) electrons. The third kappa shape index (κ3) is 3.00. The first-order valence-electron chi connectivity index (χ1n) is 4.98. The molecule has 0 fully saturated rings. The van der Waals surface area contributed by atoms with E-state index in [1.807, 2.05) is 6.92 Å². The number of rotatable bonds is 4. The van der Waals surface area contributed by atoms with Gasteiger partial charge >= 0.3 is 0 Å². The van der Waals surface area contributed by atoms with Gasteiger partial charge in [0.1, 0.15) is 0 Å². The van der Waals surface area contributed by atoms with Crippen LogP contribution in [-0.2, 0) is 4.79 Å². The molecule has 16 heavy (non-hydrogen) atoms. The largest absolute Gasteiger partial charge is 0.314 e. The van der Waals surface area contributed by atoms with E-state index in [2.05, 4.69) is 5.32 Å². The Bertz CT molecular complexity index is 382. The minimum absolute atomic E-state index is 0.173. The lowest BCUT2D eigenvalue weighted by atomic mass is 10.2. The standard InChI is InChI=1S/C11H14F2N2O/c1-3-14-7-11(16)15(2)8-4-5-9(12)10(13)6-8/h4-6,14H,3,7H2,1-2H3. The van der Waals surface area contributed by atoms with E-state index >= 15 is 0 Å². The van der Waals surface area contributed by atoms with Gasteiger partial charge in [-0.3, -0.25) is 4.79 Å². The van der Waals surface area contributed by atoms with Crippen LogP contribution < -0.4 is 10.2 Å². The summed E-state index contributed by atoms with van der Waals surface area (Å²) in [5.74, 6) is -2.08. The van der Waals surface area contributed by atoms with Crippen LogP contribution in [0.5, 0.6) is 0 Å². The average Bonchev–Trinajstić information content (AvgIpc) is 2.28. The van der Waals surface area contributed by atoms with Crippen molar-refractivity contribution in [3.8, 4) is 0 Å². The van der Waals surface area contributed by atoms with Crippen molar-refractivity contribution in [1.82, 2.24) is 5.32 Å². The smallest absolute Gasteiger partial charge is 0.240 e. The molecule has 1 rings (SSSR count). The van der Waals surface area contributed by atoms with Crippen molar-refractivity contribution < 1.29 is 13.6 Å². The number of hydrogen-bond acceptors (Lipinski definition) is 2. The van der Waals surface area contributed by atoms with Gasteiger partial charge in [0.25, 0.3) is 0 Å². The second kappa shape index (κ2) is 5.55. The Morgan fingerprint density at radius 2 is 2.06 bits per heavy atom. The summed E-state index contributed by atoms with van der Waals surface area (Å²) >= 11 is 0. The first-order valence-corrected chi connectivity index (χ1v) is 4.98. The molecule has 1 aromatic carbocycles. The molecular formula is C11H14F2N2O. The zero-order valence-corrected chi connectivity index (χ0v) is 9.26. The van der Waals surface area contributed by atoms with E-state index in [-0.39, 0.29) is 12.5 Å². The number of likely N-dealkylation sites (N-methyl/N-ethyl adjacent to an activating group) is 2. The molecule has 5 heteroatoms. The van der Waals surface area contributed by atoms with E-state index < -0.39 is 11.6 Å². The van der Waals surface area contributed by atoms with Gasteiger partial charge in [-0.2, -0.15) is 0 Å². The van der Waals surface area contributed by atoms with Gasteiger partial charge in [0, 0.05) is 18.8 Å². The molecular weight excluding hydrogens is 214 g/mol. The second-order valence-electron chi connectivity index (χ2n) is 3.33. The zero-order valence-electron chi connectivity index (χ0n) is 9.26. The third-order valence-corrected chi connectivity index (χ3v) is 2.19. The number of benzene rings is 1. The predicted molar refractivity (Wildman–Crippen MR) is 58.3 cm³/mol. The van der Waals surface area contributed by atoms with Crippen molar-refractivity contribution in [1.29, 1.82) is 0 Å². The van der Waals surface area contributed by atoms with E-state index in [9.17, 15) is 13.6 Å². The monoisotopic (exact) mass is 228 g/mol. The molecule has 0 aliphatic carbocycles. The molecule has 0 aromatic heterocycles. The Labute approximate surface area is 93.1 Å². The van der Waals surface area contributed by atoms with Crippen LogP contribution in [0.4, 0.5) is 14.5 Å². The van der Waals surface area contributed by atoms with Crippen molar-refractivity contribution in [3.63, 3.8) is 0 Å². The molecule has 0 saturated heterocycles. The first-order chi connectivity index (χ1) is 7.56. The fraction of sp³-hybridized carbons (Fsp3) is 0.364. The molecule has 1 N–H and O–H groups in total. The molecule has 0 bridgehead atoms. The van der Waals surface area contributed by atoms with E-state index in [0.717, 1.165) is 12.1 Å². The van der Waals surface area contributed by atoms with Crippen molar-refractivity contribution in [2.75, 3.05) is 25.0 Å². The number of carbonyl (C=O) groups excluding carboxylic acids is 1. The number of amides is 1. The van der Waals surface area contributed by atoms with Crippen LogP contribution >= 0.6 is 0 Å². The van der Waals surface area contributed by atoms with Gasteiger partial charge in [-0.05, 0) is 18.7 Å². The number of carbonyl (C=O) groups is 1. The maximum atomic E-state index is 12.9. The molecule has 0 heterocycles. The quantitative estimate of drug-likeness (QED) is 0.847. The molecule has 0 spiro atoms. The lowest BCUT2D eigenvalue weighted by Crippen LogP contribution is -2.35. The molecule has 3 nitrogen and oxygen atoms in total. The number of nitrogens with zero attached hydrogens (tertiary/aromatic N) is 1. The lowest BCUT2D eigenvalue weighted by Gasteiger charge is -2.17. The molecule has 0 unspecified atom stereocenters. The number of anilines is 1. The topological polar surface area (TPSA) is 32.3 Å². The van der Waals surface area contributed by atoms with E-state index in [1.165, 1.54) is 18.0 Å². The average molecular weight is 228 g/mol. The van der Waals surface area contributed by atoms with Crippen molar-refractivity contribution >= 4 is 11.6 Å². The van der Waals surface area contributed by atoms with Gasteiger partial charge in [-0.1, -0.05) is 6.92 Å². The maximum Gasteiger partial charge on any atom is 0.240 e. The normalized spacial score (nSPS) is 10.2. The highest BCUT2D eigenvalue weighted by Crippen LogP contribution is 2.16. The Balaban J connectivity index is 2.75. The number of nitrogens with one attached hydrogen (secondary N) is 1. The van der Waals surface area contributed by atoms with Crippen molar-refractivity contribution in [2.45, 2.75) is 6.92 Å². The Hall–Kier alpha value is -1.49. The predicted octanol–water partition coefficient (Wildman–Crippen LogP) is 1.54. The minimum atomic E-state index is -0.958. The molecule has 0 aliphatic rings. The van der Waals surface area contributed by atoms with Gasteiger partial charge in [-0.25, -0.2) is 8.78 Å². The summed E-state index contributed by atoms with van der Waals surface area (Å²) in [6.45, 7) is 2.73. The molecule has 1 aromatic rings. The summed E-state index contributed by atoms with van der Waals surface area (Å²) in [5.41, 5.74) is 0.335. The Kier molecular flexibility index (Phi) is 4.37. The third-order valence-electron chi connectivity index (χ3n) is 2.19. The van der Waals surface area contributed by atoms with Gasteiger partial charge in [0.05, 0.1) is 6.54 Å². The molecule has 0 aliphatic heterocycles. The molecule has 88 valence electrons. The molecule has 0 atom stereocenters. The highest BCUT2D eigenvalue weighted by Gasteiger charge is 2.12. The van der Waals surface area contributed by atoms with Crippen LogP contribution in [0.2, 0.25) is 0 Å². The SMILES string of the molecule is CCNCC(=O)N(C)c1ccc(F)c(F)c1. The van der Waals surface area contributed by atoms with Gasteiger partial charge in [-0.15, -0.1) is 0 Å². The van der Waals surface area contributed by atoms with Crippen molar-refractivity contribution in [3.05, 3.63) is 29.8 Å². The first kappa shape index (κ1) is 12.6. The fourth-order valence-electron chi connectivity index (χ4n) is 1.19. The summed E-state index contributed by atoms with van der Waals surface area (Å²) in [6.07, 6.45) is 0. The van der Waals surface area contributed by atoms with Gasteiger partial charge in [0.2, 0.25) is 5.91 Å². The van der Waals surface area contributed by atoms with E-state index in [0.29, 0.717) is 12.2 Å². The fourth-order valence-corrected chi connectivity index (χ4v) is 1.19. The summed E-state index contributed by atoms with van der Waals surface area (Å²) in [6, 6.07) is 3.36. The zero-order chi connectivity index (χ0) is 12.1. The lowest BCUT2D eigenvalue weighted by molar-refractivity contribution is -0.117. The number of halogens is 2. The van der Waals surface area contributed by atoms with Gasteiger partial charge in [0.15, 0.2) is 11.6 Å². The Morgan fingerprint density at radius 1 is 1.38 bits per heavy atom. The van der Waals surface area contributed by atoms with Crippen molar-refractivity contribution in [2.24, 2.45) is 0 Å². The van der Waals surface area contributed by atoms with Crippen LogP contribution in [0, 0.1) is 11.6 Å². The van der Waals surface area contributed by atoms with Crippen LogP contribution in [0.15, 0.2) is 18.2 Å². The summed E-state index contributed by atoms with van der Waals surface area (Å²) in [4.78, 5) is 12.8. The highest BCUT2D eigenvalue weighted by atomic mass is 19.2. The molecule has 0 saturated carbocycles. The second-order valence-corrected chi connectivity index (χ2v) is 3.33. The summed E-state index contributed by atoms with van der Waals surface area (Å²) in [5, 5.41) is 2.87. The van der Waals surface area contributed by atoms with E-state index in [4.69, 9.17) is 0 Å².